The molecule has 136 valence electrons. The third-order valence-corrected chi connectivity index (χ3v) is 4.32. The highest BCUT2D eigenvalue weighted by Crippen LogP contribution is 2.18. The minimum absolute atomic E-state index is 0.549. The second-order valence-corrected chi connectivity index (χ2v) is 6.54. The van der Waals surface area contributed by atoms with Crippen LogP contribution < -0.4 is 0 Å². The number of nitrogens with zero attached hydrogens (tertiary/aromatic N) is 5. The topological polar surface area (TPSA) is 60.0 Å². The number of hydrogen-bond acceptors (Lipinski definition) is 5. The lowest BCUT2D eigenvalue weighted by Crippen LogP contribution is -2.19. The molecule has 2 aromatic carbocycles. The summed E-state index contributed by atoms with van der Waals surface area (Å²) in [6, 6.07) is 20.2. The first-order valence-corrected chi connectivity index (χ1v) is 8.87. The second kappa shape index (κ2) is 7.97. The molecule has 0 saturated heterocycles. The van der Waals surface area contributed by atoms with Crippen molar-refractivity contribution in [1.82, 2.24) is 24.6 Å². The number of imidazole rings is 1. The molecule has 0 radical (unpaired) electrons. The maximum atomic E-state index is 5.80. The van der Waals surface area contributed by atoms with Crippen LogP contribution in [-0.4, -0.2) is 31.7 Å². The summed E-state index contributed by atoms with van der Waals surface area (Å²) in [7, 11) is 2.03. The van der Waals surface area contributed by atoms with Crippen molar-refractivity contribution in [2.45, 2.75) is 19.6 Å². The molecule has 6 nitrogen and oxygen atoms in total. The summed E-state index contributed by atoms with van der Waals surface area (Å²) >= 11 is 0. The standard InChI is InChI=1S/C21H21N5O/c1-25(15-20-23-24-21(27-20)18-10-6-3-7-11-18)14-19-12-22-16-26(19)13-17-8-4-2-5-9-17/h2-12,16H,13-15H2,1H3. The third-order valence-electron chi connectivity index (χ3n) is 4.32. The smallest absolute Gasteiger partial charge is 0.247 e. The van der Waals surface area contributed by atoms with E-state index in [0.717, 1.165) is 24.3 Å². The van der Waals surface area contributed by atoms with Crippen molar-refractivity contribution < 1.29 is 4.42 Å². The zero-order valence-corrected chi connectivity index (χ0v) is 15.2. The van der Waals surface area contributed by atoms with Crippen LogP contribution in [0.2, 0.25) is 0 Å². The van der Waals surface area contributed by atoms with Crippen molar-refractivity contribution in [3.63, 3.8) is 0 Å². The molecule has 0 amide bonds. The Balaban J connectivity index is 1.40. The molecule has 0 bridgehead atoms. The van der Waals surface area contributed by atoms with Crippen molar-refractivity contribution in [2.24, 2.45) is 0 Å². The average Bonchev–Trinajstić information content (AvgIpc) is 3.33. The molecular weight excluding hydrogens is 338 g/mol. The van der Waals surface area contributed by atoms with Gasteiger partial charge in [0.1, 0.15) is 0 Å². The molecule has 6 heteroatoms. The van der Waals surface area contributed by atoms with Gasteiger partial charge >= 0.3 is 0 Å². The first kappa shape index (κ1) is 17.2. The lowest BCUT2D eigenvalue weighted by atomic mass is 10.2. The van der Waals surface area contributed by atoms with Crippen molar-refractivity contribution in [3.05, 3.63) is 90.3 Å². The summed E-state index contributed by atoms with van der Waals surface area (Å²) in [5.74, 6) is 1.15. The fourth-order valence-corrected chi connectivity index (χ4v) is 2.98. The molecule has 4 rings (SSSR count). The SMILES string of the molecule is CN(Cc1nnc(-c2ccccc2)o1)Cc1cncn1Cc1ccccc1. The summed E-state index contributed by atoms with van der Waals surface area (Å²) in [6.07, 6.45) is 3.78. The third kappa shape index (κ3) is 4.30. The van der Waals surface area contributed by atoms with Gasteiger partial charge in [-0.05, 0) is 24.7 Å². The van der Waals surface area contributed by atoms with Crippen LogP contribution in [0.3, 0.4) is 0 Å². The minimum Gasteiger partial charge on any atom is -0.419 e. The molecule has 2 heterocycles. The van der Waals surface area contributed by atoms with Gasteiger partial charge in [0.15, 0.2) is 0 Å². The van der Waals surface area contributed by atoms with Gasteiger partial charge in [-0.1, -0.05) is 48.5 Å². The first-order valence-electron chi connectivity index (χ1n) is 8.87. The zero-order valence-electron chi connectivity index (χ0n) is 15.2. The van der Waals surface area contributed by atoms with Gasteiger partial charge in [0.05, 0.1) is 18.6 Å². The van der Waals surface area contributed by atoms with E-state index in [1.165, 1.54) is 5.56 Å². The second-order valence-electron chi connectivity index (χ2n) is 6.54. The van der Waals surface area contributed by atoms with Crippen LogP contribution in [0.4, 0.5) is 0 Å². The van der Waals surface area contributed by atoms with Crippen molar-refractivity contribution in [1.29, 1.82) is 0 Å². The maximum Gasteiger partial charge on any atom is 0.247 e. The van der Waals surface area contributed by atoms with Gasteiger partial charge in [-0.15, -0.1) is 10.2 Å². The lowest BCUT2D eigenvalue weighted by molar-refractivity contribution is 0.276. The predicted molar refractivity (Wildman–Crippen MR) is 103 cm³/mol. The Hall–Kier alpha value is -3.25. The van der Waals surface area contributed by atoms with Crippen LogP contribution in [0, 0.1) is 0 Å². The molecule has 0 unspecified atom stereocenters. The molecule has 0 aliphatic carbocycles. The van der Waals surface area contributed by atoms with Crippen LogP contribution in [0.25, 0.3) is 11.5 Å². The highest BCUT2D eigenvalue weighted by Gasteiger charge is 2.12. The fraction of sp³-hybridized carbons (Fsp3) is 0.190. The van der Waals surface area contributed by atoms with Crippen LogP contribution in [0.5, 0.6) is 0 Å². The Labute approximate surface area is 158 Å². The van der Waals surface area contributed by atoms with E-state index in [1.54, 1.807) is 0 Å². The maximum absolute atomic E-state index is 5.80. The summed E-state index contributed by atoms with van der Waals surface area (Å²) in [5, 5.41) is 8.32. The molecule has 2 aromatic heterocycles. The minimum atomic E-state index is 0.549. The Morgan fingerprint density at radius 3 is 2.44 bits per heavy atom. The van der Waals surface area contributed by atoms with E-state index in [0.29, 0.717) is 18.3 Å². The largest absolute Gasteiger partial charge is 0.419 e. The van der Waals surface area contributed by atoms with Gasteiger partial charge in [-0.25, -0.2) is 4.98 Å². The first-order chi connectivity index (χ1) is 13.3. The number of hydrogen-bond donors (Lipinski definition) is 0. The zero-order chi connectivity index (χ0) is 18.5. The molecule has 27 heavy (non-hydrogen) atoms. The predicted octanol–water partition coefficient (Wildman–Crippen LogP) is 3.61. The van der Waals surface area contributed by atoms with Crippen molar-refractivity contribution in [2.75, 3.05) is 7.05 Å². The normalized spacial score (nSPS) is 11.2. The monoisotopic (exact) mass is 359 g/mol. The van der Waals surface area contributed by atoms with Crippen LogP contribution in [0.1, 0.15) is 17.1 Å². The molecule has 0 N–H and O–H groups in total. The van der Waals surface area contributed by atoms with Gasteiger partial charge in [0, 0.05) is 24.8 Å². The lowest BCUT2D eigenvalue weighted by Gasteiger charge is -2.16. The van der Waals surface area contributed by atoms with E-state index in [4.69, 9.17) is 4.42 Å². The van der Waals surface area contributed by atoms with Crippen molar-refractivity contribution >= 4 is 0 Å². The fourth-order valence-electron chi connectivity index (χ4n) is 2.98. The average molecular weight is 359 g/mol. The molecule has 0 aliphatic rings. The molecule has 4 aromatic rings. The number of benzene rings is 2. The molecular formula is C21H21N5O. The van der Waals surface area contributed by atoms with Gasteiger partial charge in [0.2, 0.25) is 11.8 Å². The van der Waals surface area contributed by atoms with Gasteiger partial charge in [-0.3, -0.25) is 4.90 Å². The van der Waals surface area contributed by atoms with E-state index in [-0.39, 0.29) is 0 Å². The Bertz CT molecular complexity index is 978. The van der Waals surface area contributed by atoms with E-state index in [2.05, 4.69) is 48.9 Å². The molecule has 0 spiro atoms. The molecule has 0 aliphatic heterocycles. The Morgan fingerprint density at radius 1 is 0.926 bits per heavy atom. The molecule has 0 saturated carbocycles. The van der Waals surface area contributed by atoms with E-state index in [1.807, 2.05) is 56.0 Å². The van der Waals surface area contributed by atoms with E-state index in [9.17, 15) is 0 Å². The van der Waals surface area contributed by atoms with Crippen LogP contribution in [0.15, 0.2) is 77.6 Å². The summed E-state index contributed by atoms with van der Waals surface area (Å²) < 4.78 is 7.96. The summed E-state index contributed by atoms with van der Waals surface area (Å²) in [4.78, 5) is 6.45. The van der Waals surface area contributed by atoms with E-state index < -0.39 is 0 Å². The Kier molecular flexibility index (Phi) is 5.07. The quantitative estimate of drug-likeness (QED) is 0.504. The summed E-state index contributed by atoms with van der Waals surface area (Å²) in [6.45, 7) is 2.13. The van der Waals surface area contributed by atoms with Crippen LogP contribution in [-0.2, 0) is 19.6 Å². The van der Waals surface area contributed by atoms with Crippen molar-refractivity contribution in [3.8, 4) is 11.5 Å². The van der Waals surface area contributed by atoms with Gasteiger partial charge in [0.25, 0.3) is 0 Å². The summed E-state index contributed by atoms with van der Waals surface area (Å²) in [5.41, 5.74) is 3.33. The Morgan fingerprint density at radius 2 is 1.67 bits per heavy atom. The van der Waals surface area contributed by atoms with Crippen LogP contribution >= 0.6 is 0 Å². The highest BCUT2D eigenvalue weighted by atomic mass is 16.4. The number of aromatic nitrogens is 4. The van der Waals surface area contributed by atoms with Gasteiger partial charge < -0.3 is 8.98 Å². The van der Waals surface area contributed by atoms with E-state index >= 15 is 0 Å². The number of rotatable bonds is 7. The van der Waals surface area contributed by atoms with Gasteiger partial charge in [-0.2, -0.15) is 0 Å². The molecule has 0 fully saturated rings. The highest BCUT2D eigenvalue weighted by molar-refractivity contribution is 5.51. The molecule has 0 atom stereocenters.